The van der Waals surface area contributed by atoms with E-state index in [4.69, 9.17) is 0 Å². The number of likely N-dealkylation sites (tertiary alicyclic amines) is 1. The van der Waals surface area contributed by atoms with Crippen LogP contribution in [-0.4, -0.2) is 23.8 Å². The maximum atomic E-state index is 13.6. The summed E-state index contributed by atoms with van der Waals surface area (Å²) in [7, 11) is 0. The molecule has 1 aromatic rings. The van der Waals surface area contributed by atoms with Crippen LogP contribution in [0.25, 0.3) is 0 Å². The molecule has 0 amide bonds. The minimum atomic E-state index is -0.160. The number of hydrogen-bond acceptors (Lipinski definition) is 2. The van der Waals surface area contributed by atoms with Crippen LogP contribution in [0.2, 0.25) is 0 Å². The first-order valence-corrected chi connectivity index (χ1v) is 5.68. The second-order valence-corrected chi connectivity index (χ2v) is 4.27. The third-order valence-electron chi connectivity index (χ3n) is 3.26. The largest absolute Gasteiger partial charge is 0.300 e. The molecule has 0 aromatic heterocycles. The van der Waals surface area contributed by atoms with Crippen molar-refractivity contribution in [3.05, 3.63) is 35.6 Å². The predicted octanol–water partition coefficient (Wildman–Crippen LogP) is 2.55. The Morgan fingerprint density at radius 3 is 2.50 bits per heavy atom. The van der Waals surface area contributed by atoms with E-state index in [1.807, 2.05) is 19.1 Å². The predicted molar refractivity (Wildman–Crippen MR) is 60.6 cm³/mol. The van der Waals surface area contributed by atoms with E-state index in [1.54, 1.807) is 6.07 Å². The molecular formula is C13H16FNO. The standard InChI is InChI=1S/C13H16FNO/c1-10(12-4-2-3-5-13(12)14)15-8-6-11(16)7-9-15/h2-5,10H,6-9H2,1H3/t10-/m0/s1. The van der Waals surface area contributed by atoms with Crippen molar-refractivity contribution in [2.75, 3.05) is 13.1 Å². The van der Waals surface area contributed by atoms with Crippen molar-refractivity contribution in [3.63, 3.8) is 0 Å². The van der Waals surface area contributed by atoms with Gasteiger partial charge < -0.3 is 0 Å². The summed E-state index contributed by atoms with van der Waals surface area (Å²) in [5.41, 5.74) is 0.719. The molecule has 1 fully saturated rings. The number of carbonyl (C=O) groups is 1. The molecule has 1 saturated heterocycles. The van der Waals surface area contributed by atoms with Crippen molar-refractivity contribution < 1.29 is 9.18 Å². The third-order valence-corrected chi connectivity index (χ3v) is 3.26. The number of rotatable bonds is 2. The van der Waals surface area contributed by atoms with Gasteiger partial charge in [0.05, 0.1) is 0 Å². The Morgan fingerprint density at radius 2 is 1.88 bits per heavy atom. The van der Waals surface area contributed by atoms with Crippen LogP contribution >= 0.6 is 0 Å². The Labute approximate surface area is 95.1 Å². The minimum absolute atomic E-state index is 0.0503. The molecule has 86 valence electrons. The van der Waals surface area contributed by atoms with E-state index < -0.39 is 0 Å². The van der Waals surface area contributed by atoms with Gasteiger partial charge in [0.25, 0.3) is 0 Å². The first-order valence-electron chi connectivity index (χ1n) is 5.68. The number of piperidine rings is 1. The van der Waals surface area contributed by atoms with Crippen molar-refractivity contribution >= 4 is 5.78 Å². The number of nitrogens with zero attached hydrogens (tertiary/aromatic N) is 1. The molecule has 1 heterocycles. The van der Waals surface area contributed by atoms with Gasteiger partial charge in [-0.1, -0.05) is 18.2 Å². The summed E-state index contributed by atoms with van der Waals surface area (Å²) in [4.78, 5) is 13.3. The lowest BCUT2D eigenvalue weighted by atomic mass is 10.0. The second kappa shape index (κ2) is 4.74. The number of halogens is 1. The van der Waals surface area contributed by atoms with E-state index >= 15 is 0 Å². The van der Waals surface area contributed by atoms with Gasteiger partial charge >= 0.3 is 0 Å². The smallest absolute Gasteiger partial charge is 0.135 e. The molecule has 0 aliphatic carbocycles. The van der Waals surface area contributed by atoms with Crippen molar-refractivity contribution in [2.45, 2.75) is 25.8 Å². The Morgan fingerprint density at radius 1 is 1.25 bits per heavy atom. The summed E-state index contributed by atoms with van der Waals surface area (Å²) >= 11 is 0. The van der Waals surface area contributed by atoms with E-state index in [0.29, 0.717) is 18.6 Å². The van der Waals surface area contributed by atoms with E-state index in [0.717, 1.165) is 18.7 Å². The Hall–Kier alpha value is -1.22. The van der Waals surface area contributed by atoms with Gasteiger partial charge in [0, 0.05) is 37.5 Å². The molecule has 1 aliphatic rings. The van der Waals surface area contributed by atoms with E-state index in [-0.39, 0.29) is 11.9 Å². The average Bonchev–Trinajstić information content (AvgIpc) is 2.30. The van der Waals surface area contributed by atoms with Crippen LogP contribution in [0, 0.1) is 5.82 Å². The first kappa shape index (κ1) is 11.3. The third kappa shape index (κ3) is 2.30. The van der Waals surface area contributed by atoms with E-state index in [1.165, 1.54) is 6.07 Å². The van der Waals surface area contributed by atoms with Crippen LogP contribution in [0.3, 0.4) is 0 Å². The summed E-state index contributed by atoms with van der Waals surface area (Å²) in [5, 5.41) is 0. The maximum Gasteiger partial charge on any atom is 0.135 e. The van der Waals surface area contributed by atoms with Gasteiger partial charge in [-0.05, 0) is 13.0 Å². The normalized spacial score (nSPS) is 19.8. The van der Waals surface area contributed by atoms with Crippen LogP contribution in [0.5, 0.6) is 0 Å². The lowest BCUT2D eigenvalue weighted by Gasteiger charge is -2.32. The molecule has 1 atom stereocenters. The monoisotopic (exact) mass is 221 g/mol. The molecule has 3 heteroatoms. The highest BCUT2D eigenvalue weighted by Gasteiger charge is 2.23. The van der Waals surface area contributed by atoms with Gasteiger partial charge in [-0.3, -0.25) is 9.69 Å². The molecule has 0 saturated carbocycles. The van der Waals surface area contributed by atoms with Crippen molar-refractivity contribution in [2.24, 2.45) is 0 Å². The molecular weight excluding hydrogens is 205 g/mol. The molecule has 1 aromatic carbocycles. The molecule has 0 radical (unpaired) electrons. The fourth-order valence-corrected chi connectivity index (χ4v) is 2.17. The van der Waals surface area contributed by atoms with Crippen LogP contribution in [0.15, 0.2) is 24.3 Å². The zero-order valence-corrected chi connectivity index (χ0v) is 9.45. The second-order valence-electron chi connectivity index (χ2n) is 4.27. The highest BCUT2D eigenvalue weighted by molar-refractivity contribution is 5.79. The first-order chi connectivity index (χ1) is 7.68. The maximum absolute atomic E-state index is 13.6. The van der Waals surface area contributed by atoms with Gasteiger partial charge in [0.2, 0.25) is 0 Å². The van der Waals surface area contributed by atoms with Gasteiger partial charge in [-0.2, -0.15) is 0 Å². The summed E-state index contributed by atoms with van der Waals surface area (Å²) < 4.78 is 13.6. The molecule has 0 unspecified atom stereocenters. The lowest BCUT2D eigenvalue weighted by Crippen LogP contribution is -2.36. The summed E-state index contributed by atoms with van der Waals surface area (Å²) in [6, 6.07) is 6.90. The zero-order chi connectivity index (χ0) is 11.5. The topological polar surface area (TPSA) is 20.3 Å². The van der Waals surface area contributed by atoms with Crippen LogP contribution < -0.4 is 0 Å². The minimum Gasteiger partial charge on any atom is -0.300 e. The fraction of sp³-hybridized carbons (Fsp3) is 0.462. The zero-order valence-electron chi connectivity index (χ0n) is 9.45. The number of hydrogen-bond donors (Lipinski definition) is 0. The summed E-state index contributed by atoms with van der Waals surface area (Å²) in [6.45, 7) is 3.48. The number of ketones is 1. The van der Waals surface area contributed by atoms with Gasteiger partial charge in [0.1, 0.15) is 11.6 Å². The molecule has 0 N–H and O–H groups in total. The fourth-order valence-electron chi connectivity index (χ4n) is 2.17. The van der Waals surface area contributed by atoms with Crippen LogP contribution in [-0.2, 0) is 4.79 Å². The van der Waals surface area contributed by atoms with Crippen LogP contribution in [0.1, 0.15) is 31.4 Å². The van der Waals surface area contributed by atoms with Gasteiger partial charge in [0.15, 0.2) is 0 Å². The molecule has 0 bridgehead atoms. The molecule has 16 heavy (non-hydrogen) atoms. The number of carbonyl (C=O) groups excluding carboxylic acids is 1. The molecule has 2 rings (SSSR count). The number of Topliss-reactive ketones (excluding diaryl/α,β-unsaturated/α-hetero) is 1. The van der Waals surface area contributed by atoms with Crippen LogP contribution in [0.4, 0.5) is 4.39 Å². The van der Waals surface area contributed by atoms with Gasteiger partial charge in [-0.15, -0.1) is 0 Å². The Bertz CT molecular complexity index is 381. The van der Waals surface area contributed by atoms with Crippen molar-refractivity contribution in [1.82, 2.24) is 4.90 Å². The molecule has 2 nitrogen and oxygen atoms in total. The SMILES string of the molecule is C[C@@H](c1ccccc1F)N1CCC(=O)CC1. The van der Waals surface area contributed by atoms with E-state index in [2.05, 4.69) is 4.90 Å². The number of benzene rings is 1. The van der Waals surface area contributed by atoms with E-state index in [9.17, 15) is 9.18 Å². The summed E-state index contributed by atoms with van der Waals surface area (Å²) in [6.07, 6.45) is 1.19. The molecule has 0 spiro atoms. The van der Waals surface area contributed by atoms with Crippen molar-refractivity contribution in [3.8, 4) is 0 Å². The lowest BCUT2D eigenvalue weighted by molar-refractivity contribution is -0.121. The highest BCUT2D eigenvalue weighted by atomic mass is 19.1. The average molecular weight is 221 g/mol. The molecule has 1 aliphatic heterocycles. The summed E-state index contributed by atoms with van der Waals surface area (Å²) in [5.74, 6) is 0.156. The highest BCUT2D eigenvalue weighted by Crippen LogP contribution is 2.24. The quantitative estimate of drug-likeness (QED) is 0.765. The van der Waals surface area contributed by atoms with Crippen molar-refractivity contribution in [1.29, 1.82) is 0 Å². The Kier molecular flexibility index (Phi) is 3.34. The Balaban J connectivity index is 2.10. The van der Waals surface area contributed by atoms with Gasteiger partial charge in [-0.25, -0.2) is 4.39 Å².